The van der Waals surface area contributed by atoms with Crippen molar-refractivity contribution in [3.63, 3.8) is 0 Å². The Balaban J connectivity index is 1.80. The van der Waals surface area contributed by atoms with Gasteiger partial charge in [0.2, 0.25) is 5.91 Å². The minimum absolute atomic E-state index is 0.258. The second kappa shape index (κ2) is 7.07. The summed E-state index contributed by atoms with van der Waals surface area (Å²) in [5.74, 6) is -0.317. The van der Waals surface area contributed by atoms with Crippen LogP contribution >= 0.6 is 0 Å². The smallest absolute Gasteiger partial charge is 0.273 e. The van der Waals surface area contributed by atoms with Gasteiger partial charge in [-0.1, -0.05) is 24.3 Å². The highest BCUT2D eigenvalue weighted by molar-refractivity contribution is 5.81. The van der Waals surface area contributed by atoms with Crippen LogP contribution in [-0.2, 0) is 17.9 Å². The molecule has 0 spiro atoms. The van der Waals surface area contributed by atoms with Gasteiger partial charge in [-0.05, 0) is 29.8 Å². The van der Waals surface area contributed by atoms with Crippen LogP contribution in [0.4, 0.5) is 0 Å². The van der Waals surface area contributed by atoms with E-state index < -0.39 is 11.1 Å². The zero-order valence-corrected chi connectivity index (χ0v) is 14.1. The van der Waals surface area contributed by atoms with Gasteiger partial charge in [0, 0.05) is 13.6 Å². The van der Waals surface area contributed by atoms with Crippen LogP contribution in [0.25, 0.3) is 10.8 Å². The molecule has 130 valence electrons. The van der Waals surface area contributed by atoms with E-state index in [1.165, 1.54) is 4.90 Å². The van der Waals surface area contributed by atoms with E-state index in [9.17, 15) is 14.4 Å². The Kier molecular flexibility index (Phi) is 4.67. The summed E-state index contributed by atoms with van der Waals surface area (Å²) >= 11 is 0. The molecule has 0 aliphatic rings. The molecule has 26 heavy (non-hydrogen) atoms. The normalized spacial score (nSPS) is 10.5. The number of carbonyl (C=O) groups excluding carboxylic acids is 1. The van der Waals surface area contributed by atoms with Crippen LogP contribution in [0.2, 0.25) is 0 Å². The van der Waals surface area contributed by atoms with Crippen LogP contribution in [0.1, 0.15) is 11.1 Å². The van der Waals surface area contributed by atoms with E-state index in [4.69, 9.17) is 5.26 Å². The lowest BCUT2D eigenvalue weighted by Gasteiger charge is -2.18. The average molecular weight is 348 g/mol. The first-order valence-corrected chi connectivity index (χ1v) is 7.94. The maximum Gasteiger partial charge on any atom is 0.273 e. The van der Waals surface area contributed by atoms with Gasteiger partial charge in [-0.25, -0.2) is 4.68 Å². The average Bonchev–Trinajstić information content (AvgIpc) is 2.66. The van der Waals surface area contributed by atoms with Crippen LogP contribution < -0.4 is 11.1 Å². The van der Waals surface area contributed by atoms with Crippen molar-refractivity contribution >= 4 is 16.7 Å². The minimum atomic E-state index is -0.416. The van der Waals surface area contributed by atoms with Crippen LogP contribution in [0.5, 0.6) is 0 Å². The van der Waals surface area contributed by atoms with Crippen molar-refractivity contribution in [1.29, 1.82) is 5.26 Å². The molecule has 0 fully saturated rings. The molecule has 7 heteroatoms. The summed E-state index contributed by atoms with van der Waals surface area (Å²) in [6, 6.07) is 15.4. The summed E-state index contributed by atoms with van der Waals surface area (Å²) in [6.07, 6.45) is 0. The van der Waals surface area contributed by atoms with Crippen LogP contribution in [0.15, 0.2) is 58.1 Å². The monoisotopic (exact) mass is 348 g/mol. The third kappa shape index (κ3) is 3.39. The molecular formula is C19H16N4O3. The molecule has 0 saturated carbocycles. The molecule has 0 aliphatic carbocycles. The van der Waals surface area contributed by atoms with Gasteiger partial charge in [0.25, 0.3) is 11.1 Å². The van der Waals surface area contributed by atoms with E-state index in [1.54, 1.807) is 55.6 Å². The van der Waals surface area contributed by atoms with E-state index in [0.29, 0.717) is 17.5 Å². The first-order chi connectivity index (χ1) is 12.5. The highest BCUT2D eigenvalue weighted by Crippen LogP contribution is 2.07. The van der Waals surface area contributed by atoms with Gasteiger partial charge in [0.15, 0.2) is 0 Å². The number of hydrogen-bond acceptors (Lipinski definition) is 4. The highest BCUT2D eigenvalue weighted by Gasteiger charge is 2.13. The summed E-state index contributed by atoms with van der Waals surface area (Å²) < 4.78 is 1.03. The molecule has 1 heterocycles. The number of likely N-dealkylation sites (N-methyl/N-ethyl adjacent to an activating group) is 1. The molecule has 0 radical (unpaired) electrons. The third-order valence-corrected chi connectivity index (χ3v) is 4.11. The number of nitriles is 1. The first kappa shape index (κ1) is 17.2. The fraction of sp³-hybridized carbons (Fsp3) is 0.158. The van der Waals surface area contributed by atoms with Crippen molar-refractivity contribution in [3.8, 4) is 6.07 Å². The number of nitrogens with one attached hydrogen (secondary N) is 1. The second-order valence-corrected chi connectivity index (χ2v) is 5.94. The van der Waals surface area contributed by atoms with Gasteiger partial charge in [-0.3, -0.25) is 19.5 Å². The Hall–Kier alpha value is -3.66. The SMILES string of the molecule is CN(Cc1ccc(C#N)cc1)C(=O)Cn1[nH]c(=O)c2ccccc2c1=O. The second-order valence-electron chi connectivity index (χ2n) is 5.94. The lowest BCUT2D eigenvalue weighted by molar-refractivity contribution is -0.131. The number of hydrogen-bond donors (Lipinski definition) is 1. The molecule has 0 unspecified atom stereocenters. The van der Waals surface area contributed by atoms with Crippen LogP contribution in [0, 0.1) is 11.3 Å². The molecule has 1 aromatic heterocycles. The fourth-order valence-corrected chi connectivity index (χ4v) is 2.66. The molecule has 0 saturated heterocycles. The summed E-state index contributed by atoms with van der Waals surface area (Å²) in [5, 5.41) is 11.8. The van der Waals surface area contributed by atoms with Gasteiger partial charge in [0.05, 0.1) is 22.4 Å². The van der Waals surface area contributed by atoms with E-state index in [0.717, 1.165) is 10.2 Å². The van der Waals surface area contributed by atoms with Crippen molar-refractivity contribution in [2.45, 2.75) is 13.1 Å². The molecule has 0 bridgehead atoms. The number of aromatic nitrogens is 2. The van der Waals surface area contributed by atoms with Gasteiger partial charge in [-0.15, -0.1) is 0 Å². The van der Waals surface area contributed by atoms with E-state index in [2.05, 4.69) is 5.10 Å². The minimum Gasteiger partial charge on any atom is -0.340 e. The van der Waals surface area contributed by atoms with E-state index in [1.807, 2.05) is 6.07 Å². The number of carbonyl (C=O) groups is 1. The van der Waals surface area contributed by atoms with E-state index >= 15 is 0 Å². The quantitative estimate of drug-likeness (QED) is 0.766. The Labute approximate surface area is 148 Å². The maximum atomic E-state index is 12.5. The van der Waals surface area contributed by atoms with Gasteiger partial charge in [0.1, 0.15) is 6.54 Å². The summed E-state index contributed by atoms with van der Waals surface area (Å²) in [5.41, 5.74) is 0.574. The first-order valence-electron chi connectivity index (χ1n) is 7.94. The number of aromatic amines is 1. The number of H-pyrrole nitrogens is 1. The molecule has 7 nitrogen and oxygen atoms in total. The largest absolute Gasteiger partial charge is 0.340 e. The maximum absolute atomic E-state index is 12.5. The highest BCUT2D eigenvalue weighted by atomic mass is 16.2. The molecule has 2 aromatic carbocycles. The molecule has 1 N–H and O–H groups in total. The predicted molar refractivity (Wildman–Crippen MR) is 96.5 cm³/mol. The van der Waals surface area contributed by atoms with Crippen LogP contribution in [-0.4, -0.2) is 27.6 Å². The topological polar surface area (TPSA) is 99.0 Å². The Bertz CT molecular complexity index is 1120. The number of rotatable bonds is 4. The Morgan fingerprint density at radius 2 is 1.77 bits per heavy atom. The van der Waals surface area contributed by atoms with Crippen molar-refractivity contribution < 1.29 is 4.79 Å². The van der Waals surface area contributed by atoms with Crippen molar-refractivity contribution in [1.82, 2.24) is 14.7 Å². The van der Waals surface area contributed by atoms with Gasteiger partial charge in [-0.2, -0.15) is 5.26 Å². The Morgan fingerprint density at radius 1 is 1.12 bits per heavy atom. The summed E-state index contributed by atoms with van der Waals surface area (Å²) in [4.78, 5) is 38.4. The molecule has 1 amide bonds. The van der Waals surface area contributed by atoms with Crippen LogP contribution in [0.3, 0.4) is 0 Å². The standard InChI is InChI=1S/C19H16N4O3/c1-22(11-14-8-6-13(10-20)7-9-14)17(24)12-23-19(26)16-5-3-2-4-15(16)18(25)21-23/h2-9H,11-12H2,1H3,(H,21,25). The lowest BCUT2D eigenvalue weighted by Crippen LogP contribution is -2.37. The lowest BCUT2D eigenvalue weighted by atomic mass is 10.1. The Morgan fingerprint density at radius 3 is 2.42 bits per heavy atom. The van der Waals surface area contributed by atoms with Gasteiger partial charge < -0.3 is 4.90 Å². The third-order valence-electron chi connectivity index (χ3n) is 4.11. The van der Waals surface area contributed by atoms with Crippen molar-refractivity contribution in [2.75, 3.05) is 7.05 Å². The van der Waals surface area contributed by atoms with E-state index in [-0.39, 0.29) is 17.8 Å². The summed E-state index contributed by atoms with van der Waals surface area (Å²) in [6.45, 7) is 0.0722. The molecule has 3 rings (SSSR count). The number of fused-ring (bicyclic) bond motifs is 1. The molecule has 0 atom stereocenters. The molecular weight excluding hydrogens is 332 g/mol. The van der Waals surface area contributed by atoms with Crippen molar-refractivity contribution in [3.05, 3.63) is 80.4 Å². The number of benzene rings is 2. The fourth-order valence-electron chi connectivity index (χ4n) is 2.66. The van der Waals surface area contributed by atoms with Gasteiger partial charge >= 0.3 is 0 Å². The van der Waals surface area contributed by atoms with Crippen molar-refractivity contribution in [2.24, 2.45) is 0 Å². The number of amides is 1. The molecule has 0 aliphatic heterocycles. The zero-order valence-electron chi connectivity index (χ0n) is 14.1. The zero-order chi connectivity index (χ0) is 18.7. The number of nitrogens with zero attached hydrogens (tertiary/aromatic N) is 3. The predicted octanol–water partition coefficient (Wildman–Crippen LogP) is 1.22. The summed E-state index contributed by atoms with van der Waals surface area (Å²) in [7, 11) is 1.62. The molecule has 3 aromatic rings.